The van der Waals surface area contributed by atoms with Crippen LogP contribution in [0.25, 0.3) is 0 Å². The van der Waals surface area contributed by atoms with E-state index in [1.807, 2.05) is 0 Å². The molecule has 1 aromatic heterocycles. The summed E-state index contributed by atoms with van der Waals surface area (Å²) in [4.78, 5) is 11.5. The van der Waals surface area contributed by atoms with Crippen LogP contribution in [0.2, 0.25) is 0 Å². The molecule has 0 atom stereocenters. The fourth-order valence-corrected chi connectivity index (χ4v) is 1.39. The summed E-state index contributed by atoms with van der Waals surface area (Å²) in [6, 6.07) is 1.57. The molecule has 1 heterocycles. The largest absolute Gasteiger partial charge is 0.387 e. The average Bonchev–Trinajstić information content (AvgIpc) is 2.20. The third-order valence-electron chi connectivity index (χ3n) is 2.31. The van der Waals surface area contributed by atoms with Crippen molar-refractivity contribution in [2.45, 2.75) is 33.2 Å². The summed E-state index contributed by atoms with van der Waals surface area (Å²) in [6.45, 7) is 5.07. The fraction of sp³-hybridized carbons (Fsp3) is 0.636. The van der Waals surface area contributed by atoms with E-state index in [1.54, 1.807) is 19.3 Å². The van der Waals surface area contributed by atoms with E-state index >= 15 is 0 Å². The zero-order valence-corrected chi connectivity index (χ0v) is 9.66. The van der Waals surface area contributed by atoms with Gasteiger partial charge < -0.3 is 5.32 Å². The smallest absolute Gasteiger partial charge is 0.268 e. The van der Waals surface area contributed by atoms with Crippen molar-refractivity contribution in [3.05, 3.63) is 22.6 Å². The molecule has 4 nitrogen and oxygen atoms in total. The van der Waals surface area contributed by atoms with Crippen LogP contribution in [-0.2, 0) is 6.54 Å². The van der Waals surface area contributed by atoms with Crippen LogP contribution in [0.5, 0.6) is 0 Å². The van der Waals surface area contributed by atoms with Crippen LogP contribution >= 0.6 is 0 Å². The molecule has 15 heavy (non-hydrogen) atoms. The molecular weight excluding hydrogens is 190 g/mol. The molecule has 0 fully saturated rings. The topological polar surface area (TPSA) is 46.9 Å². The van der Waals surface area contributed by atoms with Gasteiger partial charge in [0.15, 0.2) is 0 Å². The van der Waals surface area contributed by atoms with Crippen LogP contribution in [-0.4, -0.2) is 16.8 Å². The van der Waals surface area contributed by atoms with E-state index in [0.717, 1.165) is 18.5 Å². The Morgan fingerprint density at radius 3 is 2.80 bits per heavy atom. The molecule has 0 aromatic carbocycles. The maximum atomic E-state index is 11.5. The lowest BCUT2D eigenvalue weighted by Gasteiger charge is -2.06. The average molecular weight is 209 g/mol. The van der Waals surface area contributed by atoms with E-state index in [4.69, 9.17) is 0 Å². The summed E-state index contributed by atoms with van der Waals surface area (Å²) in [5.41, 5.74) is 0.728. The second kappa shape index (κ2) is 5.53. The van der Waals surface area contributed by atoms with E-state index in [0.29, 0.717) is 12.5 Å². The van der Waals surface area contributed by atoms with Crippen LogP contribution < -0.4 is 10.9 Å². The van der Waals surface area contributed by atoms with Crippen molar-refractivity contribution in [2.75, 3.05) is 12.4 Å². The second-order valence-electron chi connectivity index (χ2n) is 4.09. The predicted octanol–water partition coefficient (Wildman–Crippen LogP) is 1.72. The molecule has 1 aromatic rings. The van der Waals surface area contributed by atoms with Gasteiger partial charge in [0.1, 0.15) is 0 Å². The molecule has 0 bridgehead atoms. The maximum absolute atomic E-state index is 11.5. The Bertz CT molecular complexity index is 357. The minimum absolute atomic E-state index is 0.0365. The van der Waals surface area contributed by atoms with Crippen molar-refractivity contribution in [3.63, 3.8) is 0 Å². The molecule has 0 aliphatic rings. The van der Waals surface area contributed by atoms with Crippen molar-refractivity contribution < 1.29 is 0 Å². The molecule has 1 N–H and O–H groups in total. The third kappa shape index (κ3) is 3.73. The molecule has 0 saturated carbocycles. The number of aromatic nitrogens is 2. The maximum Gasteiger partial charge on any atom is 0.268 e. The monoisotopic (exact) mass is 209 g/mol. The van der Waals surface area contributed by atoms with Crippen LogP contribution in [0.15, 0.2) is 17.1 Å². The van der Waals surface area contributed by atoms with Crippen LogP contribution in [0.1, 0.15) is 26.7 Å². The highest BCUT2D eigenvalue weighted by atomic mass is 16.1. The quantitative estimate of drug-likeness (QED) is 0.803. The first-order valence-electron chi connectivity index (χ1n) is 5.38. The standard InChI is InChI=1S/C11H19N3O/c1-9(2)5-4-6-14-11(15)7-10(12-3)8-13-14/h7-9,12H,4-6H2,1-3H3. The second-order valence-corrected chi connectivity index (χ2v) is 4.09. The first-order chi connectivity index (χ1) is 7.13. The highest BCUT2D eigenvalue weighted by molar-refractivity contribution is 5.37. The lowest BCUT2D eigenvalue weighted by atomic mass is 10.1. The lowest BCUT2D eigenvalue weighted by Crippen LogP contribution is -2.22. The Morgan fingerprint density at radius 2 is 2.27 bits per heavy atom. The zero-order chi connectivity index (χ0) is 11.3. The van der Waals surface area contributed by atoms with Crippen LogP contribution in [0, 0.1) is 5.92 Å². The van der Waals surface area contributed by atoms with Crippen molar-refractivity contribution in [3.8, 4) is 0 Å². The summed E-state index contributed by atoms with van der Waals surface area (Å²) < 4.78 is 1.52. The van der Waals surface area contributed by atoms with Crippen molar-refractivity contribution >= 4 is 5.69 Å². The third-order valence-corrected chi connectivity index (χ3v) is 2.31. The Hall–Kier alpha value is -1.32. The number of hydrogen-bond donors (Lipinski definition) is 1. The number of anilines is 1. The summed E-state index contributed by atoms with van der Waals surface area (Å²) in [5, 5.41) is 6.98. The van der Waals surface area contributed by atoms with Gasteiger partial charge in [0, 0.05) is 19.7 Å². The zero-order valence-electron chi connectivity index (χ0n) is 9.66. The van der Waals surface area contributed by atoms with Crippen molar-refractivity contribution in [1.82, 2.24) is 9.78 Å². The molecule has 0 saturated heterocycles. The summed E-state index contributed by atoms with van der Waals surface area (Å²) in [5.74, 6) is 0.678. The van der Waals surface area contributed by atoms with Crippen LogP contribution in [0.3, 0.4) is 0 Å². The molecule has 0 amide bonds. The Kier molecular flexibility index (Phi) is 4.34. The van der Waals surface area contributed by atoms with Gasteiger partial charge in [0.05, 0.1) is 11.9 Å². The van der Waals surface area contributed by atoms with Crippen molar-refractivity contribution in [2.24, 2.45) is 5.92 Å². The number of rotatable bonds is 5. The first-order valence-corrected chi connectivity index (χ1v) is 5.38. The minimum Gasteiger partial charge on any atom is -0.387 e. The van der Waals surface area contributed by atoms with Gasteiger partial charge in [-0.15, -0.1) is 0 Å². The Labute approximate surface area is 90.3 Å². The number of hydrogen-bond acceptors (Lipinski definition) is 3. The highest BCUT2D eigenvalue weighted by Crippen LogP contribution is 2.04. The number of aryl methyl sites for hydroxylation is 1. The van der Waals surface area contributed by atoms with Gasteiger partial charge in [-0.05, 0) is 18.8 Å². The Morgan fingerprint density at radius 1 is 1.53 bits per heavy atom. The normalized spacial score (nSPS) is 10.7. The van der Waals surface area contributed by atoms with Gasteiger partial charge in [0.25, 0.3) is 5.56 Å². The summed E-state index contributed by atoms with van der Waals surface area (Å²) in [7, 11) is 1.78. The van der Waals surface area contributed by atoms with E-state index in [2.05, 4.69) is 24.3 Å². The highest BCUT2D eigenvalue weighted by Gasteiger charge is 1.99. The summed E-state index contributed by atoms with van der Waals surface area (Å²) >= 11 is 0. The van der Waals surface area contributed by atoms with Gasteiger partial charge in [0.2, 0.25) is 0 Å². The molecule has 0 spiro atoms. The molecular formula is C11H19N3O. The lowest BCUT2D eigenvalue weighted by molar-refractivity contribution is 0.477. The molecule has 84 valence electrons. The molecule has 1 rings (SSSR count). The van der Waals surface area contributed by atoms with Gasteiger partial charge in [-0.2, -0.15) is 5.10 Å². The molecule has 4 heteroatoms. The molecule has 0 radical (unpaired) electrons. The minimum atomic E-state index is -0.0365. The van der Waals surface area contributed by atoms with Gasteiger partial charge in [-0.3, -0.25) is 4.79 Å². The van der Waals surface area contributed by atoms with Gasteiger partial charge in [-0.25, -0.2) is 4.68 Å². The van der Waals surface area contributed by atoms with E-state index in [1.165, 1.54) is 4.68 Å². The molecule has 0 aliphatic heterocycles. The number of nitrogens with one attached hydrogen (secondary N) is 1. The predicted molar refractivity (Wildman–Crippen MR) is 62.1 cm³/mol. The van der Waals surface area contributed by atoms with E-state index < -0.39 is 0 Å². The number of nitrogens with zero attached hydrogens (tertiary/aromatic N) is 2. The SMILES string of the molecule is CNc1cnn(CCCC(C)C)c(=O)c1. The fourth-order valence-electron chi connectivity index (χ4n) is 1.39. The van der Waals surface area contributed by atoms with E-state index in [9.17, 15) is 4.79 Å². The van der Waals surface area contributed by atoms with Crippen LogP contribution in [0.4, 0.5) is 5.69 Å². The van der Waals surface area contributed by atoms with Gasteiger partial charge >= 0.3 is 0 Å². The van der Waals surface area contributed by atoms with Gasteiger partial charge in [-0.1, -0.05) is 13.8 Å². The molecule has 0 unspecified atom stereocenters. The molecule has 0 aliphatic carbocycles. The Balaban J connectivity index is 2.58. The van der Waals surface area contributed by atoms with E-state index in [-0.39, 0.29) is 5.56 Å². The summed E-state index contributed by atoms with van der Waals surface area (Å²) in [6.07, 6.45) is 3.81. The first kappa shape index (κ1) is 11.8. The van der Waals surface area contributed by atoms with Crippen molar-refractivity contribution in [1.29, 1.82) is 0 Å².